The summed E-state index contributed by atoms with van der Waals surface area (Å²) in [5.41, 5.74) is 5.03. The Balaban J connectivity index is 1.90. The van der Waals surface area contributed by atoms with Crippen molar-refractivity contribution in [2.75, 3.05) is 0 Å². The van der Waals surface area contributed by atoms with Gasteiger partial charge in [-0.15, -0.1) is 0 Å². The van der Waals surface area contributed by atoms with Gasteiger partial charge in [-0.05, 0) is 66.3 Å². The highest BCUT2D eigenvalue weighted by Crippen LogP contribution is 2.72. The molecular formula is C25H37BrO. The predicted molar refractivity (Wildman–Crippen MR) is 118 cm³/mol. The smallest absolute Gasteiger partial charge is 0.123 e. The van der Waals surface area contributed by atoms with Crippen molar-refractivity contribution < 1.29 is 5.11 Å². The third kappa shape index (κ3) is 3.00. The molecular weight excluding hydrogens is 396 g/mol. The second-order valence-corrected chi connectivity index (χ2v) is 12.0. The quantitative estimate of drug-likeness (QED) is 0.485. The van der Waals surface area contributed by atoms with Crippen LogP contribution in [0.15, 0.2) is 12.1 Å². The normalized spacial score (nSPS) is 37.8. The third-order valence-corrected chi connectivity index (χ3v) is 9.17. The molecule has 0 radical (unpaired) electrons. The van der Waals surface area contributed by atoms with E-state index in [1.165, 1.54) is 62.5 Å². The average molecular weight is 433 g/mol. The molecule has 0 amide bonds. The molecule has 2 heteroatoms. The minimum absolute atomic E-state index is 0.104. The maximum Gasteiger partial charge on any atom is 0.123 e. The number of alkyl halides is 1. The molecule has 5 rings (SSSR count). The lowest BCUT2D eigenvalue weighted by atomic mass is 9.37. The first-order valence-corrected chi connectivity index (χ1v) is 12.1. The van der Waals surface area contributed by atoms with Gasteiger partial charge in [0.25, 0.3) is 0 Å². The van der Waals surface area contributed by atoms with Crippen LogP contribution in [0.4, 0.5) is 0 Å². The summed E-state index contributed by atoms with van der Waals surface area (Å²) in [5.74, 6) is 1.44. The molecule has 0 spiro atoms. The van der Waals surface area contributed by atoms with Gasteiger partial charge in [-0.1, -0.05) is 75.5 Å². The van der Waals surface area contributed by atoms with Crippen LogP contribution in [0, 0.1) is 16.7 Å². The van der Waals surface area contributed by atoms with Crippen molar-refractivity contribution in [2.24, 2.45) is 16.7 Å². The molecule has 4 fully saturated rings. The summed E-state index contributed by atoms with van der Waals surface area (Å²) in [7, 11) is 0. The minimum atomic E-state index is 0.104. The average Bonchev–Trinajstić information content (AvgIpc) is 2.59. The minimum Gasteiger partial charge on any atom is -0.507 e. The molecule has 4 bridgehead atoms. The van der Waals surface area contributed by atoms with Gasteiger partial charge in [0, 0.05) is 21.9 Å². The van der Waals surface area contributed by atoms with Crippen molar-refractivity contribution >= 4 is 15.9 Å². The fraction of sp³-hybridized carbons (Fsp3) is 0.760. The van der Waals surface area contributed by atoms with E-state index in [0.717, 1.165) is 16.8 Å². The SMILES string of the molecule is CCC12CC3CC(CC)(C1)CC(c1cc(C(C)(C)C)cc(CBr)c1O)(C3)C2. The van der Waals surface area contributed by atoms with Gasteiger partial charge in [0.15, 0.2) is 0 Å². The second-order valence-electron chi connectivity index (χ2n) is 11.4. The lowest BCUT2D eigenvalue weighted by molar-refractivity contribution is -0.130. The van der Waals surface area contributed by atoms with Gasteiger partial charge < -0.3 is 5.11 Å². The maximum atomic E-state index is 11.3. The molecule has 4 saturated carbocycles. The Morgan fingerprint density at radius 3 is 2.07 bits per heavy atom. The summed E-state index contributed by atoms with van der Waals surface area (Å²) < 4.78 is 0. The van der Waals surface area contributed by atoms with Gasteiger partial charge in [0.2, 0.25) is 0 Å². The van der Waals surface area contributed by atoms with Gasteiger partial charge in [-0.3, -0.25) is 0 Å². The molecule has 4 aliphatic rings. The summed E-state index contributed by atoms with van der Waals surface area (Å²) >= 11 is 3.64. The molecule has 4 aliphatic carbocycles. The molecule has 1 nitrogen and oxygen atoms in total. The van der Waals surface area contributed by atoms with Crippen LogP contribution >= 0.6 is 15.9 Å². The van der Waals surface area contributed by atoms with Crippen LogP contribution < -0.4 is 0 Å². The van der Waals surface area contributed by atoms with E-state index in [1.54, 1.807) is 0 Å². The number of hydrogen-bond acceptors (Lipinski definition) is 1. The summed E-state index contributed by atoms with van der Waals surface area (Å²) in [6.45, 7) is 11.7. The molecule has 0 heterocycles. The standard InChI is InChI=1S/C25H37BrO/c1-6-23-10-17-11-24(7-2,14-23)16-25(12-17,15-23)20-9-19(22(3,4)5)8-18(13-26)21(20)27/h8-9,17,27H,6-7,10-16H2,1-5H3. The molecule has 150 valence electrons. The molecule has 0 aliphatic heterocycles. The van der Waals surface area contributed by atoms with E-state index in [9.17, 15) is 5.11 Å². The van der Waals surface area contributed by atoms with E-state index in [1.807, 2.05) is 0 Å². The monoisotopic (exact) mass is 432 g/mol. The Morgan fingerprint density at radius 1 is 1.00 bits per heavy atom. The number of benzene rings is 1. The zero-order chi connectivity index (χ0) is 19.7. The van der Waals surface area contributed by atoms with Gasteiger partial charge in [0.05, 0.1) is 0 Å². The van der Waals surface area contributed by atoms with Crippen molar-refractivity contribution in [3.8, 4) is 5.75 Å². The van der Waals surface area contributed by atoms with E-state index in [2.05, 4.69) is 62.7 Å². The number of halogens is 1. The Bertz CT molecular complexity index is 723. The van der Waals surface area contributed by atoms with Crippen LogP contribution in [0.3, 0.4) is 0 Å². The van der Waals surface area contributed by atoms with Gasteiger partial charge in [-0.2, -0.15) is 0 Å². The van der Waals surface area contributed by atoms with Crippen molar-refractivity contribution in [3.05, 3.63) is 28.8 Å². The molecule has 1 aromatic carbocycles. The number of rotatable bonds is 4. The van der Waals surface area contributed by atoms with Crippen LogP contribution in [0.5, 0.6) is 5.75 Å². The summed E-state index contributed by atoms with van der Waals surface area (Å²) in [6, 6.07) is 4.61. The van der Waals surface area contributed by atoms with E-state index in [4.69, 9.17) is 0 Å². The molecule has 2 atom stereocenters. The van der Waals surface area contributed by atoms with Crippen molar-refractivity contribution in [3.63, 3.8) is 0 Å². The Kier molecular flexibility index (Phi) is 4.58. The summed E-state index contributed by atoms with van der Waals surface area (Å²) in [6.07, 6.45) is 10.8. The number of phenolic OH excluding ortho intramolecular Hbond substituents is 1. The number of aromatic hydroxyl groups is 1. The molecule has 2 unspecified atom stereocenters. The van der Waals surface area contributed by atoms with E-state index in [0.29, 0.717) is 16.6 Å². The maximum absolute atomic E-state index is 11.3. The highest BCUT2D eigenvalue weighted by atomic mass is 79.9. The first kappa shape index (κ1) is 19.8. The van der Waals surface area contributed by atoms with Crippen LogP contribution in [-0.4, -0.2) is 5.11 Å². The summed E-state index contributed by atoms with van der Waals surface area (Å²) in [4.78, 5) is 0. The Morgan fingerprint density at radius 2 is 1.59 bits per heavy atom. The molecule has 1 N–H and O–H groups in total. The first-order valence-electron chi connectivity index (χ1n) is 11.0. The topological polar surface area (TPSA) is 20.2 Å². The first-order chi connectivity index (χ1) is 12.6. The van der Waals surface area contributed by atoms with Gasteiger partial charge >= 0.3 is 0 Å². The zero-order valence-electron chi connectivity index (χ0n) is 17.9. The largest absolute Gasteiger partial charge is 0.507 e. The van der Waals surface area contributed by atoms with Gasteiger partial charge in [-0.25, -0.2) is 0 Å². The third-order valence-electron chi connectivity index (χ3n) is 8.57. The number of hydrogen-bond donors (Lipinski definition) is 1. The predicted octanol–water partition coefficient (Wildman–Crippen LogP) is 7.61. The highest BCUT2D eigenvalue weighted by molar-refractivity contribution is 9.08. The lowest BCUT2D eigenvalue weighted by Gasteiger charge is -2.67. The van der Waals surface area contributed by atoms with Crippen LogP contribution in [0.25, 0.3) is 0 Å². The van der Waals surface area contributed by atoms with E-state index in [-0.39, 0.29) is 10.8 Å². The number of phenols is 1. The Hall–Kier alpha value is -0.500. The van der Waals surface area contributed by atoms with Crippen molar-refractivity contribution in [2.45, 2.75) is 102 Å². The lowest BCUT2D eigenvalue weighted by Crippen LogP contribution is -2.58. The van der Waals surface area contributed by atoms with Crippen molar-refractivity contribution in [1.82, 2.24) is 0 Å². The van der Waals surface area contributed by atoms with Crippen LogP contribution in [-0.2, 0) is 16.2 Å². The zero-order valence-corrected chi connectivity index (χ0v) is 19.5. The van der Waals surface area contributed by atoms with E-state index < -0.39 is 0 Å². The van der Waals surface area contributed by atoms with Crippen molar-refractivity contribution in [1.29, 1.82) is 0 Å². The summed E-state index contributed by atoms with van der Waals surface area (Å²) in [5, 5.41) is 12.1. The molecule has 0 aromatic heterocycles. The highest BCUT2D eigenvalue weighted by Gasteiger charge is 2.62. The van der Waals surface area contributed by atoms with E-state index >= 15 is 0 Å². The molecule has 27 heavy (non-hydrogen) atoms. The fourth-order valence-electron chi connectivity index (χ4n) is 7.57. The molecule has 1 aromatic rings. The van der Waals surface area contributed by atoms with Gasteiger partial charge in [0.1, 0.15) is 5.75 Å². The fourth-order valence-corrected chi connectivity index (χ4v) is 8.00. The van der Waals surface area contributed by atoms with Crippen LogP contribution in [0.2, 0.25) is 0 Å². The van der Waals surface area contributed by atoms with Crippen LogP contribution in [0.1, 0.15) is 103 Å². The molecule has 0 saturated heterocycles. The second kappa shape index (κ2) is 6.25. The Labute approximate surface area is 174 Å².